The van der Waals surface area contributed by atoms with Crippen molar-refractivity contribution < 1.29 is 5.11 Å². The number of hydrogen-bond acceptors (Lipinski definition) is 2. The number of pyridine rings is 1. The Morgan fingerprint density at radius 1 is 1.10 bits per heavy atom. The van der Waals surface area contributed by atoms with Crippen LogP contribution in [0.4, 0.5) is 0 Å². The van der Waals surface area contributed by atoms with Crippen LogP contribution in [-0.2, 0) is 19.2 Å². The molecule has 3 heterocycles. The van der Waals surface area contributed by atoms with Gasteiger partial charge in [0.25, 0.3) is 5.56 Å². The van der Waals surface area contributed by atoms with Crippen LogP contribution in [0.5, 0.6) is 0 Å². The summed E-state index contributed by atoms with van der Waals surface area (Å²) < 4.78 is 4.16. The Morgan fingerprint density at radius 2 is 1.83 bits per heavy atom. The number of fused-ring (bicyclic) bond motifs is 2. The number of nitrogens with one attached hydrogen (secondary N) is 1. The highest BCUT2D eigenvalue weighted by molar-refractivity contribution is 5.99. The molecule has 0 amide bonds. The zero-order valence-electron chi connectivity index (χ0n) is 18.7. The molecule has 0 aliphatic rings. The molecule has 5 nitrogen and oxygen atoms in total. The van der Waals surface area contributed by atoms with E-state index in [0.29, 0.717) is 5.52 Å². The molecular formula is C25H31N3O2. The number of aliphatic hydroxyl groups is 1. The molecule has 0 unspecified atom stereocenters. The van der Waals surface area contributed by atoms with Crippen LogP contribution in [0, 0.1) is 5.41 Å². The fourth-order valence-corrected chi connectivity index (χ4v) is 4.26. The van der Waals surface area contributed by atoms with Gasteiger partial charge in [-0.1, -0.05) is 20.8 Å². The molecule has 0 radical (unpaired) electrons. The fraction of sp³-hybridized carbons (Fsp3) is 0.400. The number of H-pyrrole nitrogens is 1. The van der Waals surface area contributed by atoms with Gasteiger partial charge in [-0.05, 0) is 61.1 Å². The number of hydrogen-bond donors (Lipinski definition) is 2. The average molecular weight is 406 g/mol. The lowest BCUT2D eigenvalue weighted by molar-refractivity contribution is 0.0802. The van der Waals surface area contributed by atoms with E-state index in [-0.39, 0.29) is 11.0 Å². The Labute approximate surface area is 177 Å². The number of rotatable bonds is 5. The van der Waals surface area contributed by atoms with Crippen molar-refractivity contribution in [1.29, 1.82) is 0 Å². The van der Waals surface area contributed by atoms with Crippen LogP contribution in [0.15, 0.2) is 47.7 Å². The molecule has 2 N–H and O–H groups in total. The second kappa shape index (κ2) is 6.88. The monoisotopic (exact) mass is 405 g/mol. The van der Waals surface area contributed by atoms with E-state index in [0.717, 1.165) is 45.9 Å². The molecule has 0 atom stereocenters. The van der Waals surface area contributed by atoms with Crippen molar-refractivity contribution in [3.05, 3.63) is 58.8 Å². The van der Waals surface area contributed by atoms with Gasteiger partial charge in [-0.2, -0.15) is 0 Å². The molecule has 0 spiro atoms. The molecule has 0 saturated heterocycles. The standard InChI is InChI=1S/C25H31N3O2/c1-7-24(2,3)15-28-11-9-18-20(25(4,5)30)12-16(13-21(18)28)19-14-27(6)22-17(19)8-10-26-23(22)29/h8-14,30H,7,15H2,1-6H3,(H,26,29). The maximum atomic E-state index is 12.4. The van der Waals surface area contributed by atoms with Crippen molar-refractivity contribution in [2.75, 3.05) is 0 Å². The second-order valence-electron chi connectivity index (χ2n) is 9.70. The smallest absolute Gasteiger partial charge is 0.272 e. The summed E-state index contributed by atoms with van der Waals surface area (Å²) in [5, 5.41) is 12.9. The number of aryl methyl sites for hydroxylation is 1. The number of aromatic amines is 1. The SMILES string of the molecule is CCC(C)(C)Cn1ccc2c(C(C)(C)O)cc(-c3cn(C)c4c(=O)[nH]ccc34)cc21. The van der Waals surface area contributed by atoms with Crippen molar-refractivity contribution >= 4 is 21.8 Å². The third-order valence-corrected chi connectivity index (χ3v) is 6.31. The molecule has 3 aromatic heterocycles. The molecule has 0 bridgehead atoms. The summed E-state index contributed by atoms with van der Waals surface area (Å²) in [4.78, 5) is 15.1. The highest BCUT2D eigenvalue weighted by Crippen LogP contribution is 2.37. The van der Waals surface area contributed by atoms with Crippen LogP contribution in [0.1, 0.15) is 46.6 Å². The van der Waals surface area contributed by atoms with E-state index >= 15 is 0 Å². The predicted octanol–water partition coefficient (Wildman–Crippen LogP) is 5.15. The molecular weight excluding hydrogens is 374 g/mol. The van der Waals surface area contributed by atoms with E-state index < -0.39 is 5.60 Å². The molecule has 0 aliphatic heterocycles. The maximum Gasteiger partial charge on any atom is 0.272 e. The van der Waals surface area contributed by atoms with Gasteiger partial charge in [0.05, 0.1) is 5.60 Å². The quantitative estimate of drug-likeness (QED) is 0.482. The van der Waals surface area contributed by atoms with E-state index in [9.17, 15) is 9.90 Å². The molecule has 0 saturated carbocycles. The van der Waals surface area contributed by atoms with Gasteiger partial charge in [0, 0.05) is 54.0 Å². The lowest BCUT2D eigenvalue weighted by Gasteiger charge is -2.25. The van der Waals surface area contributed by atoms with E-state index in [1.165, 1.54) is 0 Å². The van der Waals surface area contributed by atoms with Gasteiger partial charge in [-0.3, -0.25) is 4.79 Å². The molecule has 4 aromatic rings. The van der Waals surface area contributed by atoms with Gasteiger partial charge in [0.1, 0.15) is 5.52 Å². The summed E-state index contributed by atoms with van der Waals surface area (Å²) >= 11 is 0. The summed E-state index contributed by atoms with van der Waals surface area (Å²) in [6.45, 7) is 11.3. The van der Waals surface area contributed by atoms with Crippen LogP contribution >= 0.6 is 0 Å². The third kappa shape index (κ3) is 3.37. The van der Waals surface area contributed by atoms with Crippen molar-refractivity contribution in [3.63, 3.8) is 0 Å². The first kappa shape index (κ1) is 20.5. The zero-order chi connectivity index (χ0) is 21.8. The summed E-state index contributed by atoms with van der Waals surface area (Å²) in [7, 11) is 1.89. The summed E-state index contributed by atoms with van der Waals surface area (Å²) in [6.07, 6.45) is 6.89. The first-order valence-electron chi connectivity index (χ1n) is 10.5. The Kier molecular flexibility index (Phi) is 4.70. The molecule has 0 fully saturated rings. The summed E-state index contributed by atoms with van der Waals surface area (Å²) in [5.41, 5.74) is 3.74. The van der Waals surface area contributed by atoms with Gasteiger partial charge < -0.3 is 19.2 Å². The van der Waals surface area contributed by atoms with Gasteiger partial charge in [-0.25, -0.2) is 0 Å². The van der Waals surface area contributed by atoms with E-state index in [2.05, 4.69) is 54.7 Å². The topological polar surface area (TPSA) is 62.9 Å². The molecule has 158 valence electrons. The first-order chi connectivity index (χ1) is 14.0. The van der Waals surface area contributed by atoms with Crippen molar-refractivity contribution in [2.45, 2.75) is 53.2 Å². The normalized spacial score (nSPS) is 12.9. The highest BCUT2D eigenvalue weighted by Gasteiger charge is 2.24. The Bertz CT molecular complexity index is 1300. The Balaban J connectivity index is 2.02. The lowest BCUT2D eigenvalue weighted by atomic mass is 9.89. The van der Waals surface area contributed by atoms with Crippen LogP contribution < -0.4 is 5.56 Å². The molecule has 4 rings (SSSR count). The third-order valence-electron chi connectivity index (χ3n) is 6.31. The van der Waals surface area contributed by atoms with Gasteiger partial charge in [0.2, 0.25) is 0 Å². The minimum atomic E-state index is -0.983. The Hall–Kier alpha value is -2.79. The van der Waals surface area contributed by atoms with Crippen molar-refractivity contribution in [1.82, 2.24) is 14.1 Å². The van der Waals surface area contributed by atoms with E-state index in [4.69, 9.17) is 0 Å². The summed E-state index contributed by atoms with van der Waals surface area (Å²) in [6, 6.07) is 8.30. The average Bonchev–Trinajstić information content (AvgIpc) is 3.22. The van der Waals surface area contributed by atoms with E-state index in [1.807, 2.05) is 37.7 Å². The van der Waals surface area contributed by atoms with Crippen LogP contribution in [-0.4, -0.2) is 19.2 Å². The minimum absolute atomic E-state index is 0.0990. The lowest BCUT2D eigenvalue weighted by Crippen LogP contribution is -2.18. The van der Waals surface area contributed by atoms with Gasteiger partial charge in [-0.15, -0.1) is 0 Å². The summed E-state index contributed by atoms with van der Waals surface area (Å²) in [5.74, 6) is 0. The molecule has 1 aromatic carbocycles. The highest BCUT2D eigenvalue weighted by atomic mass is 16.3. The second-order valence-corrected chi connectivity index (χ2v) is 9.70. The van der Waals surface area contributed by atoms with Crippen molar-refractivity contribution in [2.24, 2.45) is 12.5 Å². The van der Waals surface area contributed by atoms with Gasteiger partial charge >= 0.3 is 0 Å². The Morgan fingerprint density at radius 3 is 2.50 bits per heavy atom. The number of benzene rings is 1. The zero-order valence-corrected chi connectivity index (χ0v) is 18.7. The van der Waals surface area contributed by atoms with Gasteiger partial charge in [0.15, 0.2) is 0 Å². The van der Waals surface area contributed by atoms with Crippen LogP contribution in [0.25, 0.3) is 32.9 Å². The first-order valence-corrected chi connectivity index (χ1v) is 10.5. The van der Waals surface area contributed by atoms with Crippen LogP contribution in [0.3, 0.4) is 0 Å². The van der Waals surface area contributed by atoms with Crippen LogP contribution in [0.2, 0.25) is 0 Å². The predicted molar refractivity (Wildman–Crippen MR) is 124 cm³/mol. The minimum Gasteiger partial charge on any atom is -0.386 e. The molecule has 0 aliphatic carbocycles. The van der Waals surface area contributed by atoms with Crippen molar-refractivity contribution in [3.8, 4) is 11.1 Å². The fourth-order valence-electron chi connectivity index (χ4n) is 4.26. The maximum absolute atomic E-state index is 12.4. The number of aromatic nitrogens is 3. The number of nitrogens with zero attached hydrogens (tertiary/aromatic N) is 2. The molecule has 5 heteroatoms. The molecule has 30 heavy (non-hydrogen) atoms. The largest absolute Gasteiger partial charge is 0.386 e. The van der Waals surface area contributed by atoms with E-state index in [1.54, 1.807) is 6.20 Å².